The molecule has 1 aliphatic rings. The first-order valence-corrected chi connectivity index (χ1v) is 8.04. The van der Waals surface area contributed by atoms with Gasteiger partial charge in [0.25, 0.3) is 5.56 Å². The lowest BCUT2D eigenvalue weighted by molar-refractivity contribution is -0.139. The largest absolute Gasteiger partial charge is 0.423 e. The minimum atomic E-state index is -4.81. The number of hydrogen-bond acceptors (Lipinski definition) is 3. The maximum absolute atomic E-state index is 13.0. The van der Waals surface area contributed by atoms with Crippen molar-refractivity contribution in [1.29, 1.82) is 5.26 Å². The summed E-state index contributed by atoms with van der Waals surface area (Å²) in [5, 5.41) is 14.2. The van der Waals surface area contributed by atoms with Gasteiger partial charge in [-0.1, -0.05) is 23.7 Å². The first kappa shape index (κ1) is 16.7. The summed E-state index contributed by atoms with van der Waals surface area (Å²) < 4.78 is 39.6. The molecule has 4 rings (SSSR count). The van der Waals surface area contributed by atoms with Gasteiger partial charge in [-0.2, -0.15) is 28.0 Å². The van der Waals surface area contributed by atoms with Crippen LogP contribution >= 0.6 is 11.6 Å². The lowest BCUT2D eigenvalue weighted by Crippen LogP contribution is -2.26. The van der Waals surface area contributed by atoms with Gasteiger partial charge in [0, 0.05) is 16.6 Å². The van der Waals surface area contributed by atoms with E-state index in [1.54, 1.807) is 24.3 Å². The van der Waals surface area contributed by atoms with Crippen molar-refractivity contribution in [2.45, 2.75) is 24.4 Å². The molecule has 0 bridgehead atoms. The van der Waals surface area contributed by atoms with Crippen LogP contribution in [0.3, 0.4) is 0 Å². The number of halogens is 4. The maximum atomic E-state index is 13.0. The third-order valence-electron chi connectivity index (χ3n) is 4.68. The Morgan fingerprint density at radius 2 is 1.92 bits per heavy atom. The van der Waals surface area contributed by atoms with Gasteiger partial charge in [-0.3, -0.25) is 4.79 Å². The Morgan fingerprint density at radius 1 is 1.27 bits per heavy atom. The fourth-order valence-electron chi connectivity index (χ4n) is 3.21. The SMILES string of the molecule is N#Cc1c(C2(c3ccc(Cl)cc3)CC2)nn2c(=O)c(C(F)(F)F)c[nH]c12. The Balaban J connectivity index is 1.97. The number of H-pyrrole nitrogens is 1. The van der Waals surface area contributed by atoms with E-state index in [9.17, 15) is 23.2 Å². The third kappa shape index (κ3) is 2.31. The summed E-state index contributed by atoms with van der Waals surface area (Å²) in [6, 6.07) is 8.96. The number of aromatic nitrogens is 3. The minimum absolute atomic E-state index is 0.0410. The first-order valence-electron chi connectivity index (χ1n) is 7.66. The number of nitrogens with zero attached hydrogens (tertiary/aromatic N) is 3. The van der Waals surface area contributed by atoms with Gasteiger partial charge in [0.15, 0.2) is 5.65 Å². The molecule has 1 fully saturated rings. The van der Waals surface area contributed by atoms with Crippen molar-refractivity contribution < 1.29 is 13.2 Å². The highest BCUT2D eigenvalue weighted by Crippen LogP contribution is 2.54. The van der Waals surface area contributed by atoms with Crippen molar-refractivity contribution in [3.63, 3.8) is 0 Å². The Kier molecular flexibility index (Phi) is 3.43. The standard InChI is InChI=1S/C17H10ClF3N4O/c18-10-3-1-9(2-4-10)16(5-6-16)13-11(7-22)14-23-8-12(17(19,20)21)15(26)25(14)24-13/h1-4,8,23H,5-6H2. The van der Waals surface area contributed by atoms with Crippen LogP contribution in [-0.2, 0) is 11.6 Å². The summed E-state index contributed by atoms with van der Waals surface area (Å²) in [7, 11) is 0. The molecule has 0 saturated heterocycles. The Morgan fingerprint density at radius 3 is 2.46 bits per heavy atom. The number of nitrogens with one attached hydrogen (secondary N) is 1. The minimum Gasteiger partial charge on any atom is -0.345 e. The number of rotatable bonds is 2. The Bertz CT molecular complexity index is 1120. The van der Waals surface area contributed by atoms with Gasteiger partial charge in [-0.05, 0) is 30.5 Å². The predicted octanol–water partition coefficient (Wildman–Crippen LogP) is 3.65. The van der Waals surface area contributed by atoms with Crippen molar-refractivity contribution in [3.05, 3.63) is 68.2 Å². The molecule has 0 radical (unpaired) electrons. The number of nitriles is 1. The van der Waals surface area contributed by atoms with E-state index in [1.165, 1.54) is 0 Å². The Labute approximate surface area is 149 Å². The lowest BCUT2D eigenvalue weighted by atomic mass is 9.90. The second kappa shape index (κ2) is 5.35. The van der Waals surface area contributed by atoms with E-state index in [0.29, 0.717) is 34.3 Å². The molecule has 0 atom stereocenters. The third-order valence-corrected chi connectivity index (χ3v) is 4.93. The van der Waals surface area contributed by atoms with Crippen LogP contribution in [0.15, 0.2) is 35.3 Å². The molecule has 2 heterocycles. The second-order valence-electron chi connectivity index (χ2n) is 6.19. The summed E-state index contributed by atoms with van der Waals surface area (Å²) in [6.07, 6.45) is -2.89. The molecule has 132 valence electrons. The van der Waals surface area contributed by atoms with Crippen LogP contribution in [0.1, 0.15) is 35.2 Å². The van der Waals surface area contributed by atoms with Gasteiger partial charge in [-0.15, -0.1) is 0 Å². The van der Waals surface area contributed by atoms with Gasteiger partial charge in [0.2, 0.25) is 0 Å². The lowest BCUT2D eigenvalue weighted by Gasteiger charge is -2.13. The van der Waals surface area contributed by atoms with E-state index in [1.807, 2.05) is 6.07 Å². The summed E-state index contributed by atoms with van der Waals surface area (Å²) in [6.45, 7) is 0. The van der Waals surface area contributed by atoms with Crippen LogP contribution < -0.4 is 5.56 Å². The van der Waals surface area contributed by atoms with Crippen molar-refractivity contribution in [2.24, 2.45) is 0 Å². The first-order chi connectivity index (χ1) is 12.3. The second-order valence-corrected chi connectivity index (χ2v) is 6.63. The summed E-state index contributed by atoms with van der Waals surface area (Å²) in [5.41, 5.74) is -2.08. The molecule has 5 nitrogen and oxygen atoms in total. The summed E-state index contributed by atoms with van der Waals surface area (Å²) in [4.78, 5) is 14.6. The summed E-state index contributed by atoms with van der Waals surface area (Å²) in [5.74, 6) is 0. The zero-order valence-electron chi connectivity index (χ0n) is 13.1. The van der Waals surface area contributed by atoms with Crippen molar-refractivity contribution >= 4 is 17.2 Å². The van der Waals surface area contributed by atoms with E-state index in [4.69, 9.17) is 11.6 Å². The van der Waals surface area contributed by atoms with Crippen LogP contribution in [0.25, 0.3) is 5.65 Å². The number of fused-ring (bicyclic) bond motifs is 1. The van der Waals surface area contributed by atoms with E-state index in [-0.39, 0.29) is 11.2 Å². The van der Waals surface area contributed by atoms with Gasteiger partial charge < -0.3 is 4.98 Å². The molecule has 1 N–H and O–H groups in total. The van der Waals surface area contributed by atoms with Crippen molar-refractivity contribution in [3.8, 4) is 6.07 Å². The molecular formula is C17H10ClF3N4O. The van der Waals surface area contributed by atoms with Gasteiger partial charge in [-0.25, -0.2) is 0 Å². The highest BCUT2D eigenvalue weighted by molar-refractivity contribution is 6.30. The van der Waals surface area contributed by atoms with E-state index in [2.05, 4.69) is 10.1 Å². The van der Waals surface area contributed by atoms with Gasteiger partial charge in [0.05, 0.1) is 5.69 Å². The molecule has 9 heteroatoms. The van der Waals surface area contributed by atoms with Crippen molar-refractivity contribution in [2.75, 3.05) is 0 Å². The van der Waals surface area contributed by atoms with Gasteiger partial charge in [0.1, 0.15) is 17.2 Å². The zero-order chi connectivity index (χ0) is 18.7. The average molecular weight is 379 g/mol. The van der Waals surface area contributed by atoms with E-state index in [0.717, 1.165) is 5.56 Å². The number of aromatic amines is 1. The number of benzene rings is 1. The van der Waals surface area contributed by atoms with Gasteiger partial charge >= 0.3 is 6.18 Å². The molecular weight excluding hydrogens is 369 g/mol. The fraction of sp³-hybridized carbons (Fsp3) is 0.235. The monoisotopic (exact) mass is 378 g/mol. The molecule has 0 amide bonds. The smallest absolute Gasteiger partial charge is 0.345 e. The molecule has 3 aromatic rings. The van der Waals surface area contributed by atoms with Crippen LogP contribution in [0.2, 0.25) is 5.02 Å². The molecule has 1 aliphatic carbocycles. The maximum Gasteiger partial charge on any atom is 0.423 e. The highest BCUT2D eigenvalue weighted by atomic mass is 35.5. The molecule has 0 aliphatic heterocycles. The predicted molar refractivity (Wildman–Crippen MR) is 87.0 cm³/mol. The number of hydrogen-bond donors (Lipinski definition) is 1. The highest BCUT2D eigenvalue weighted by Gasteiger charge is 2.50. The van der Waals surface area contributed by atoms with E-state index >= 15 is 0 Å². The van der Waals surface area contributed by atoms with Crippen LogP contribution in [0.4, 0.5) is 13.2 Å². The molecule has 2 aromatic heterocycles. The normalized spacial score (nSPS) is 15.8. The molecule has 0 unspecified atom stereocenters. The molecule has 1 saturated carbocycles. The fourth-order valence-corrected chi connectivity index (χ4v) is 3.34. The Hall–Kier alpha value is -2.79. The van der Waals surface area contributed by atoms with Crippen LogP contribution in [0, 0.1) is 11.3 Å². The topological polar surface area (TPSA) is 74.0 Å². The molecule has 1 aromatic carbocycles. The summed E-state index contributed by atoms with van der Waals surface area (Å²) >= 11 is 5.91. The van der Waals surface area contributed by atoms with Crippen LogP contribution in [0.5, 0.6) is 0 Å². The van der Waals surface area contributed by atoms with E-state index < -0.39 is 22.7 Å². The quantitative estimate of drug-likeness (QED) is 0.739. The van der Waals surface area contributed by atoms with Crippen molar-refractivity contribution in [1.82, 2.24) is 14.6 Å². The molecule has 26 heavy (non-hydrogen) atoms. The number of alkyl halides is 3. The average Bonchev–Trinajstić information content (AvgIpc) is 3.29. The zero-order valence-corrected chi connectivity index (χ0v) is 13.8. The van der Waals surface area contributed by atoms with Crippen LogP contribution in [-0.4, -0.2) is 14.6 Å². The molecule has 0 spiro atoms.